The highest BCUT2D eigenvalue weighted by Gasteiger charge is 2.33. The van der Waals surface area contributed by atoms with Crippen molar-refractivity contribution in [1.82, 2.24) is 9.80 Å². The Balaban J connectivity index is 1.48. The maximum atomic E-state index is 13.6. The number of anilines is 1. The predicted octanol–water partition coefficient (Wildman–Crippen LogP) is 5.42. The highest BCUT2D eigenvalue weighted by molar-refractivity contribution is 7.10. The zero-order chi connectivity index (χ0) is 24.8. The molecule has 1 atom stereocenters. The summed E-state index contributed by atoms with van der Waals surface area (Å²) in [5, 5.41) is 4.85. The molecule has 0 fully saturated rings. The summed E-state index contributed by atoms with van der Waals surface area (Å²) in [6.07, 6.45) is 2.34. The number of hydrogen-bond acceptors (Lipinski definition) is 4. The van der Waals surface area contributed by atoms with Crippen LogP contribution in [-0.2, 0) is 11.2 Å². The second kappa shape index (κ2) is 11.2. The number of carbonyl (C=O) groups excluding carboxylic acids is 2. The summed E-state index contributed by atoms with van der Waals surface area (Å²) in [5.74, 6) is -0.156. The Morgan fingerprint density at radius 1 is 1.26 bits per heavy atom. The van der Waals surface area contributed by atoms with Crippen molar-refractivity contribution in [3.05, 3.63) is 94.5 Å². The van der Waals surface area contributed by atoms with Gasteiger partial charge in [-0.2, -0.15) is 0 Å². The average molecular weight is 494 g/mol. The molecule has 1 aliphatic heterocycles. The summed E-state index contributed by atoms with van der Waals surface area (Å²) in [6, 6.07) is 14.7. The number of benzene rings is 2. The molecule has 0 saturated heterocycles. The van der Waals surface area contributed by atoms with E-state index >= 15 is 0 Å². The van der Waals surface area contributed by atoms with Crippen molar-refractivity contribution in [2.24, 2.45) is 0 Å². The topological polar surface area (TPSA) is 61.9 Å². The fraction of sp³-hybridized carbons (Fsp3) is 0.259. The molecule has 3 aromatic rings. The molecule has 0 bridgehead atoms. The quantitative estimate of drug-likeness (QED) is 0.426. The molecule has 2 aromatic carbocycles. The fourth-order valence-electron chi connectivity index (χ4n) is 4.08. The first kappa shape index (κ1) is 24.5. The van der Waals surface area contributed by atoms with Crippen molar-refractivity contribution in [3.8, 4) is 5.75 Å². The molecule has 1 aliphatic rings. The molecule has 0 radical (unpaired) electrons. The Bertz CT molecular complexity index is 1190. The molecule has 182 valence electrons. The van der Waals surface area contributed by atoms with Crippen molar-refractivity contribution in [2.45, 2.75) is 19.4 Å². The van der Waals surface area contributed by atoms with Crippen LogP contribution in [-0.4, -0.2) is 48.0 Å². The van der Waals surface area contributed by atoms with E-state index in [2.05, 4.69) is 11.9 Å². The Morgan fingerprint density at radius 2 is 2.06 bits per heavy atom. The monoisotopic (exact) mass is 493 g/mol. The van der Waals surface area contributed by atoms with E-state index in [1.54, 1.807) is 34.4 Å². The summed E-state index contributed by atoms with van der Waals surface area (Å²) in [7, 11) is 0. The van der Waals surface area contributed by atoms with E-state index in [-0.39, 0.29) is 43.5 Å². The minimum Gasteiger partial charge on any atom is -0.491 e. The van der Waals surface area contributed by atoms with Gasteiger partial charge in [0.25, 0.3) is 0 Å². The van der Waals surface area contributed by atoms with E-state index in [0.717, 1.165) is 17.5 Å². The zero-order valence-corrected chi connectivity index (χ0v) is 20.4. The summed E-state index contributed by atoms with van der Waals surface area (Å²) in [6.45, 7) is 6.55. The molecular formula is C27H28FN3O3S. The van der Waals surface area contributed by atoms with Gasteiger partial charge in [0.1, 0.15) is 24.7 Å². The highest BCUT2D eigenvalue weighted by Crippen LogP contribution is 2.34. The van der Waals surface area contributed by atoms with E-state index in [4.69, 9.17) is 4.74 Å². The highest BCUT2D eigenvalue weighted by atomic mass is 32.1. The second-order valence-electron chi connectivity index (χ2n) is 8.39. The van der Waals surface area contributed by atoms with Crippen molar-refractivity contribution in [3.63, 3.8) is 0 Å². The standard InChI is InChI=1S/C27H28FN3O3S/c1-3-13-30(27(33)29-21-9-7-19(2)8-10-21)17-26(32)31-14-11-25-23(12-15-35-25)24(31)18-34-22-6-4-5-20(28)16-22/h3-10,12,15-16,24H,1,11,13-14,17-18H2,2H3,(H,29,33)/t24-/m0/s1. The van der Waals surface area contributed by atoms with Gasteiger partial charge in [-0.05, 0) is 54.6 Å². The van der Waals surface area contributed by atoms with Crippen molar-refractivity contribution >= 4 is 29.0 Å². The third-order valence-corrected chi connectivity index (χ3v) is 6.88. The molecule has 0 saturated carbocycles. The van der Waals surface area contributed by atoms with Gasteiger partial charge in [0.15, 0.2) is 0 Å². The van der Waals surface area contributed by atoms with Crippen LogP contribution in [0.25, 0.3) is 0 Å². The van der Waals surface area contributed by atoms with Crippen molar-refractivity contribution in [2.75, 3.05) is 31.6 Å². The smallest absolute Gasteiger partial charge is 0.322 e. The van der Waals surface area contributed by atoms with Crippen LogP contribution in [0.15, 0.2) is 72.6 Å². The van der Waals surface area contributed by atoms with E-state index in [1.165, 1.54) is 21.9 Å². The minimum absolute atomic E-state index is 0.0976. The molecule has 3 amide bonds. The van der Waals surface area contributed by atoms with Gasteiger partial charge in [-0.1, -0.05) is 29.8 Å². The van der Waals surface area contributed by atoms with E-state index in [0.29, 0.717) is 18.0 Å². The molecule has 6 nitrogen and oxygen atoms in total. The normalized spacial score (nSPS) is 14.7. The van der Waals surface area contributed by atoms with Crippen LogP contribution < -0.4 is 10.1 Å². The number of ether oxygens (including phenoxy) is 1. The number of hydrogen-bond donors (Lipinski definition) is 1. The minimum atomic E-state index is -0.380. The number of urea groups is 1. The largest absolute Gasteiger partial charge is 0.491 e. The number of amides is 3. The Hall–Kier alpha value is -3.65. The number of nitrogens with zero attached hydrogens (tertiary/aromatic N) is 2. The number of aryl methyl sites for hydroxylation is 1. The van der Waals surface area contributed by atoms with Crippen LogP contribution in [0.5, 0.6) is 5.75 Å². The maximum absolute atomic E-state index is 13.6. The molecule has 35 heavy (non-hydrogen) atoms. The Morgan fingerprint density at radius 3 is 2.80 bits per heavy atom. The van der Waals surface area contributed by atoms with Gasteiger partial charge < -0.3 is 19.9 Å². The molecule has 1 aromatic heterocycles. The second-order valence-corrected chi connectivity index (χ2v) is 9.39. The van der Waals surface area contributed by atoms with Crippen LogP contribution in [0.1, 0.15) is 22.0 Å². The van der Waals surface area contributed by atoms with E-state index in [1.807, 2.05) is 42.6 Å². The summed E-state index contributed by atoms with van der Waals surface area (Å²) in [4.78, 5) is 30.8. The lowest BCUT2D eigenvalue weighted by Gasteiger charge is -2.37. The lowest BCUT2D eigenvalue weighted by molar-refractivity contribution is -0.135. The molecule has 0 unspecified atom stereocenters. The lowest BCUT2D eigenvalue weighted by atomic mass is 10.0. The number of nitrogens with one attached hydrogen (secondary N) is 1. The van der Waals surface area contributed by atoms with Crippen molar-refractivity contribution < 1.29 is 18.7 Å². The zero-order valence-electron chi connectivity index (χ0n) is 19.6. The van der Waals surface area contributed by atoms with Crippen LogP contribution in [0.2, 0.25) is 0 Å². The Kier molecular flexibility index (Phi) is 7.82. The number of fused-ring (bicyclic) bond motifs is 1. The van der Waals surface area contributed by atoms with Gasteiger partial charge in [0.05, 0.1) is 6.04 Å². The van der Waals surface area contributed by atoms with E-state index < -0.39 is 0 Å². The molecular weight excluding hydrogens is 465 g/mol. The first-order valence-electron chi connectivity index (χ1n) is 11.4. The van der Waals surface area contributed by atoms with Crippen LogP contribution >= 0.6 is 11.3 Å². The molecule has 1 N–H and O–H groups in total. The van der Waals surface area contributed by atoms with Crippen LogP contribution in [0.4, 0.5) is 14.9 Å². The number of carbonyl (C=O) groups is 2. The van der Waals surface area contributed by atoms with Crippen LogP contribution in [0.3, 0.4) is 0 Å². The van der Waals surface area contributed by atoms with Crippen molar-refractivity contribution in [1.29, 1.82) is 0 Å². The lowest BCUT2D eigenvalue weighted by Crippen LogP contribution is -2.48. The van der Waals surface area contributed by atoms with Gasteiger partial charge in [-0.25, -0.2) is 9.18 Å². The van der Waals surface area contributed by atoms with Gasteiger partial charge >= 0.3 is 6.03 Å². The van der Waals surface area contributed by atoms with Crippen LogP contribution in [0, 0.1) is 12.7 Å². The number of rotatable bonds is 8. The average Bonchev–Trinajstić information content (AvgIpc) is 3.33. The summed E-state index contributed by atoms with van der Waals surface area (Å²) >= 11 is 1.65. The third-order valence-electron chi connectivity index (χ3n) is 5.88. The molecule has 0 aliphatic carbocycles. The van der Waals surface area contributed by atoms with Gasteiger partial charge in [0, 0.05) is 29.7 Å². The fourth-order valence-corrected chi connectivity index (χ4v) is 5.00. The molecule has 4 rings (SSSR count). The van der Waals surface area contributed by atoms with Gasteiger partial charge in [-0.3, -0.25) is 4.79 Å². The molecule has 0 spiro atoms. The summed E-state index contributed by atoms with van der Waals surface area (Å²) in [5.41, 5.74) is 2.78. The first-order chi connectivity index (χ1) is 16.9. The number of halogens is 1. The predicted molar refractivity (Wildman–Crippen MR) is 136 cm³/mol. The third kappa shape index (κ3) is 6.08. The Labute approximate surface area is 208 Å². The maximum Gasteiger partial charge on any atom is 0.322 e. The number of thiophene rings is 1. The molecule has 2 heterocycles. The van der Waals surface area contributed by atoms with Gasteiger partial charge in [-0.15, -0.1) is 17.9 Å². The summed E-state index contributed by atoms with van der Waals surface area (Å²) < 4.78 is 19.5. The SMILES string of the molecule is C=CCN(CC(=O)N1CCc2sccc2[C@@H]1COc1cccc(F)c1)C(=O)Nc1ccc(C)cc1. The van der Waals surface area contributed by atoms with E-state index in [9.17, 15) is 14.0 Å². The molecule has 8 heteroatoms. The first-order valence-corrected chi connectivity index (χ1v) is 12.3. The van der Waals surface area contributed by atoms with Gasteiger partial charge in [0.2, 0.25) is 5.91 Å².